The van der Waals surface area contributed by atoms with E-state index in [1.54, 1.807) is 18.2 Å². The Morgan fingerprint density at radius 2 is 2.10 bits per heavy atom. The van der Waals surface area contributed by atoms with Crippen LogP contribution in [0.3, 0.4) is 0 Å². The first-order valence-corrected chi connectivity index (χ1v) is 7.58. The van der Waals surface area contributed by atoms with Crippen LogP contribution in [0.25, 0.3) is 0 Å². The summed E-state index contributed by atoms with van der Waals surface area (Å²) in [5.74, 6) is 1.12. The van der Waals surface area contributed by atoms with E-state index in [0.717, 1.165) is 11.4 Å². The topological polar surface area (TPSA) is 48.4 Å². The predicted octanol–water partition coefficient (Wildman–Crippen LogP) is 3.56. The monoisotopic (exact) mass is 349 g/mol. The van der Waals surface area contributed by atoms with E-state index in [9.17, 15) is 4.79 Å². The molecule has 0 saturated heterocycles. The van der Waals surface area contributed by atoms with E-state index in [-0.39, 0.29) is 11.1 Å². The third-order valence-corrected chi connectivity index (χ3v) is 3.44. The highest BCUT2D eigenvalue weighted by atomic mass is 79.9. The summed E-state index contributed by atoms with van der Waals surface area (Å²) >= 11 is 3.16. The molecule has 0 amide bonds. The molecular weight excluding hydrogens is 334 g/mol. The Morgan fingerprint density at radius 1 is 1.29 bits per heavy atom. The van der Waals surface area contributed by atoms with Gasteiger partial charge in [-0.15, -0.1) is 0 Å². The van der Waals surface area contributed by atoms with Gasteiger partial charge in [0.1, 0.15) is 18.1 Å². The first kappa shape index (κ1) is 15.5. The summed E-state index contributed by atoms with van der Waals surface area (Å²) in [7, 11) is 1.53. The van der Waals surface area contributed by atoms with Gasteiger partial charge in [0.15, 0.2) is 5.78 Å². The fraction of sp³-hybridized carbons (Fsp3) is 0.250. The fourth-order valence-electron chi connectivity index (χ4n) is 1.90. The Morgan fingerprint density at radius 3 is 2.76 bits per heavy atom. The van der Waals surface area contributed by atoms with E-state index < -0.39 is 0 Å². The zero-order valence-corrected chi connectivity index (χ0v) is 13.5. The van der Waals surface area contributed by atoms with Gasteiger partial charge in [0, 0.05) is 11.8 Å². The van der Waals surface area contributed by atoms with E-state index in [2.05, 4.69) is 20.9 Å². The molecule has 0 atom stereocenters. The molecule has 2 aromatic rings. The van der Waals surface area contributed by atoms with Gasteiger partial charge in [-0.3, -0.25) is 9.78 Å². The second kappa shape index (κ2) is 7.22. The largest absolute Gasteiger partial charge is 0.496 e. The van der Waals surface area contributed by atoms with Crippen LogP contribution in [-0.2, 0) is 6.61 Å². The molecule has 21 heavy (non-hydrogen) atoms. The molecule has 0 radical (unpaired) electrons. The number of carbonyl (C=O) groups excluding carboxylic acids is 1. The van der Waals surface area contributed by atoms with Crippen molar-refractivity contribution in [2.45, 2.75) is 13.5 Å². The van der Waals surface area contributed by atoms with E-state index in [1.165, 1.54) is 7.11 Å². The lowest BCUT2D eigenvalue weighted by Crippen LogP contribution is -2.04. The third-order valence-electron chi connectivity index (χ3n) is 2.93. The van der Waals surface area contributed by atoms with Crippen molar-refractivity contribution in [1.82, 2.24) is 4.98 Å². The van der Waals surface area contributed by atoms with Crippen LogP contribution in [0.4, 0.5) is 0 Å². The number of ether oxygens (including phenoxy) is 2. The van der Waals surface area contributed by atoms with Gasteiger partial charge in [-0.1, -0.05) is 22.0 Å². The highest BCUT2D eigenvalue weighted by molar-refractivity contribution is 9.09. The normalized spacial score (nSPS) is 10.2. The zero-order valence-electron chi connectivity index (χ0n) is 11.9. The molecule has 0 fully saturated rings. The number of benzene rings is 1. The number of halogens is 1. The summed E-state index contributed by atoms with van der Waals surface area (Å²) in [4.78, 5) is 16.1. The molecular formula is C16H16BrNO3. The molecule has 0 bridgehead atoms. The number of rotatable bonds is 6. The van der Waals surface area contributed by atoms with E-state index in [0.29, 0.717) is 23.7 Å². The van der Waals surface area contributed by atoms with Crippen molar-refractivity contribution in [1.29, 1.82) is 0 Å². The molecule has 1 aromatic carbocycles. The summed E-state index contributed by atoms with van der Waals surface area (Å²) < 4.78 is 10.9. The fourth-order valence-corrected chi connectivity index (χ4v) is 2.20. The lowest BCUT2D eigenvalue weighted by molar-refractivity contribution is 0.102. The summed E-state index contributed by atoms with van der Waals surface area (Å²) in [6.07, 6.45) is 0. The van der Waals surface area contributed by atoms with Crippen molar-refractivity contribution in [3.63, 3.8) is 0 Å². The molecule has 1 aromatic heterocycles. The number of hydrogen-bond donors (Lipinski definition) is 0. The van der Waals surface area contributed by atoms with Gasteiger partial charge in [-0.25, -0.2) is 0 Å². The van der Waals surface area contributed by atoms with Crippen molar-refractivity contribution < 1.29 is 14.3 Å². The van der Waals surface area contributed by atoms with Crippen LogP contribution < -0.4 is 9.47 Å². The van der Waals surface area contributed by atoms with Gasteiger partial charge >= 0.3 is 0 Å². The second-order valence-corrected chi connectivity index (χ2v) is 5.04. The quantitative estimate of drug-likeness (QED) is 0.591. The number of aryl methyl sites for hydroxylation is 1. The Kier molecular flexibility index (Phi) is 5.33. The maximum atomic E-state index is 11.7. The molecule has 5 heteroatoms. The van der Waals surface area contributed by atoms with Gasteiger partial charge in [-0.2, -0.15) is 0 Å². The average Bonchev–Trinajstić information content (AvgIpc) is 2.52. The van der Waals surface area contributed by atoms with Gasteiger partial charge in [0.05, 0.1) is 23.7 Å². The van der Waals surface area contributed by atoms with Crippen LogP contribution >= 0.6 is 15.9 Å². The highest BCUT2D eigenvalue weighted by Gasteiger charge is 2.12. The Bertz CT molecular complexity index is 643. The maximum Gasteiger partial charge on any atom is 0.177 e. The minimum atomic E-state index is -0.0289. The Labute approximate surface area is 132 Å². The minimum Gasteiger partial charge on any atom is -0.496 e. The van der Waals surface area contributed by atoms with E-state index >= 15 is 0 Å². The van der Waals surface area contributed by atoms with Crippen LogP contribution in [0, 0.1) is 6.92 Å². The van der Waals surface area contributed by atoms with E-state index in [4.69, 9.17) is 9.47 Å². The van der Waals surface area contributed by atoms with Crippen LogP contribution in [0.5, 0.6) is 11.5 Å². The van der Waals surface area contributed by atoms with Crippen molar-refractivity contribution in [3.05, 3.63) is 53.3 Å². The number of ketones is 1. The van der Waals surface area contributed by atoms with Crippen LogP contribution in [0.1, 0.15) is 21.7 Å². The number of hydrogen-bond acceptors (Lipinski definition) is 4. The Hall–Kier alpha value is -1.88. The molecule has 2 rings (SSSR count). The van der Waals surface area contributed by atoms with Crippen LogP contribution in [0.15, 0.2) is 36.4 Å². The molecule has 0 unspecified atom stereocenters. The predicted molar refractivity (Wildman–Crippen MR) is 84.4 cm³/mol. The van der Waals surface area contributed by atoms with Gasteiger partial charge in [-0.05, 0) is 31.2 Å². The van der Waals surface area contributed by atoms with Gasteiger partial charge < -0.3 is 9.47 Å². The number of aromatic nitrogens is 1. The summed E-state index contributed by atoms with van der Waals surface area (Å²) in [6, 6.07) is 11.0. The molecule has 0 N–H and O–H groups in total. The highest BCUT2D eigenvalue weighted by Crippen LogP contribution is 2.26. The molecule has 0 aliphatic rings. The minimum absolute atomic E-state index is 0.0289. The number of alkyl halides is 1. The lowest BCUT2D eigenvalue weighted by atomic mass is 10.1. The average molecular weight is 350 g/mol. The number of pyridine rings is 1. The summed E-state index contributed by atoms with van der Waals surface area (Å²) in [5.41, 5.74) is 2.34. The molecule has 4 nitrogen and oxygen atoms in total. The molecule has 0 aliphatic heterocycles. The molecule has 0 saturated carbocycles. The molecule has 110 valence electrons. The smallest absolute Gasteiger partial charge is 0.177 e. The van der Waals surface area contributed by atoms with Gasteiger partial charge in [0.25, 0.3) is 0 Å². The summed E-state index contributed by atoms with van der Waals surface area (Å²) in [5, 5.41) is 0.261. The molecule has 1 heterocycles. The Balaban J connectivity index is 2.12. The van der Waals surface area contributed by atoms with Crippen LogP contribution in [0.2, 0.25) is 0 Å². The molecule has 0 spiro atoms. The van der Waals surface area contributed by atoms with Crippen molar-refractivity contribution >= 4 is 21.7 Å². The van der Waals surface area contributed by atoms with E-state index in [1.807, 2.05) is 25.1 Å². The number of methoxy groups -OCH3 is 1. The number of Topliss-reactive ketones (excluding diaryl/α,β-unsaturated/α-hetero) is 1. The lowest BCUT2D eigenvalue weighted by Gasteiger charge is -2.10. The number of nitrogens with zero attached hydrogens (tertiary/aromatic N) is 1. The standard InChI is InChI=1S/C16H16BrNO3/c1-11-4-3-5-12(18-11)10-21-13-6-7-14(15(19)9-17)16(8-13)20-2/h3-8H,9-10H2,1-2H3. The van der Waals surface area contributed by atoms with Crippen molar-refractivity contribution in [3.8, 4) is 11.5 Å². The van der Waals surface area contributed by atoms with Crippen LogP contribution in [-0.4, -0.2) is 23.2 Å². The van der Waals surface area contributed by atoms with Crippen molar-refractivity contribution in [2.75, 3.05) is 12.4 Å². The summed E-state index contributed by atoms with van der Waals surface area (Å²) in [6.45, 7) is 2.31. The zero-order chi connectivity index (χ0) is 15.2. The first-order chi connectivity index (χ1) is 10.1. The third kappa shape index (κ3) is 4.04. The maximum absolute atomic E-state index is 11.7. The van der Waals surface area contributed by atoms with Crippen molar-refractivity contribution in [2.24, 2.45) is 0 Å². The van der Waals surface area contributed by atoms with Gasteiger partial charge in [0.2, 0.25) is 0 Å². The first-order valence-electron chi connectivity index (χ1n) is 6.46. The second-order valence-electron chi connectivity index (χ2n) is 4.48. The number of carbonyl (C=O) groups is 1. The molecule has 0 aliphatic carbocycles. The SMILES string of the molecule is COc1cc(OCc2cccc(C)n2)ccc1C(=O)CBr.